The number of nitrogens with zero attached hydrogens (tertiary/aromatic N) is 2. The molecule has 40 heavy (non-hydrogen) atoms. The van der Waals surface area contributed by atoms with Gasteiger partial charge in [0, 0.05) is 49.8 Å². The number of nitrogens with two attached hydrogens (primary N) is 1. The number of hydrogen-bond donors (Lipinski definition) is 3. The fraction of sp³-hybridized carbons (Fsp3) is 0.500. The van der Waals surface area contributed by atoms with Crippen LogP contribution in [0.4, 0.5) is 0 Å². The van der Waals surface area contributed by atoms with Crippen molar-refractivity contribution < 1.29 is 17.9 Å². The van der Waals surface area contributed by atoms with Gasteiger partial charge in [0.1, 0.15) is 0 Å². The quantitative estimate of drug-likeness (QED) is 0.290. The largest absolute Gasteiger partial charge is 0.379 e. The molecule has 4 N–H and O–H groups in total. The number of aromatic nitrogens is 1. The van der Waals surface area contributed by atoms with Crippen molar-refractivity contribution in [1.82, 2.24) is 19.5 Å². The second-order valence-corrected chi connectivity index (χ2v) is 12.9. The Balaban J connectivity index is 1.18. The molecule has 2 aromatic carbocycles. The topological polar surface area (TPSA) is 121 Å². The number of fused-ring (bicyclic) bond motifs is 1. The number of rotatable bonds is 12. The molecule has 10 heteroatoms. The Hall–Kier alpha value is -2.76. The van der Waals surface area contributed by atoms with Crippen LogP contribution in [0.3, 0.4) is 0 Å². The molecule has 0 unspecified atom stereocenters. The normalized spacial score (nSPS) is 17.9. The van der Waals surface area contributed by atoms with E-state index < -0.39 is 10.0 Å². The van der Waals surface area contributed by atoms with E-state index in [-0.39, 0.29) is 24.0 Å². The van der Waals surface area contributed by atoms with E-state index in [4.69, 9.17) is 10.5 Å². The molecular weight excluding hydrogens is 526 g/mol. The van der Waals surface area contributed by atoms with E-state index in [9.17, 15) is 13.2 Å². The Morgan fingerprint density at radius 3 is 2.50 bits per heavy atom. The number of primary amides is 1. The molecule has 0 saturated carbocycles. The maximum atomic E-state index is 13.0. The lowest BCUT2D eigenvalue weighted by molar-refractivity contribution is -0.117. The molecule has 2 saturated heterocycles. The number of carbonyl (C=O) groups excluding carboxylic acids is 1. The first-order chi connectivity index (χ1) is 19.4. The van der Waals surface area contributed by atoms with Gasteiger partial charge in [-0.2, -0.15) is 0 Å². The number of H-pyrrole nitrogens is 1. The molecule has 1 amide bonds. The zero-order valence-corrected chi connectivity index (χ0v) is 23.9. The minimum absolute atomic E-state index is 0.124. The van der Waals surface area contributed by atoms with Crippen LogP contribution in [0.5, 0.6) is 0 Å². The molecule has 1 aromatic heterocycles. The standard InChI is InChI=1S/C30H41N5O4S/c31-29(36)21-26-19-25(23-5-2-1-3-6-23)20-27-28(22-33-30(26)27)24-7-12-35(13-8-24)40(37,38)18-10-32-9-4-11-34-14-16-39-17-15-34/h1-3,5-6,19-20,22,24,32-33H,4,7-18,21H2,(H2,31,36). The molecule has 216 valence electrons. The molecule has 0 atom stereocenters. The number of ether oxygens (including phenoxy) is 1. The number of piperidine rings is 1. The van der Waals surface area contributed by atoms with Crippen LogP contribution < -0.4 is 11.1 Å². The van der Waals surface area contributed by atoms with Crippen LogP contribution in [0, 0.1) is 0 Å². The van der Waals surface area contributed by atoms with Crippen molar-refractivity contribution in [3.63, 3.8) is 0 Å². The van der Waals surface area contributed by atoms with Crippen molar-refractivity contribution in [1.29, 1.82) is 0 Å². The van der Waals surface area contributed by atoms with Crippen LogP contribution >= 0.6 is 0 Å². The van der Waals surface area contributed by atoms with E-state index in [1.807, 2.05) is 30.5 Å². The number of carbonyl (C=O) groups is 1. The Morgan fingerprint density at radius 1 is 1.02 bits per heavy atom. The first kappa shape index (κ1) is 28.8. The van der Waals surface area contributed by atoms with Crippen LogP contribution in [-0.4, -0.2) is 93.3 Å². The summed E-state index contributed by atoms with van der Waals surface area (Å²) in [7, 11) is -3.30. The molecule has 0 aliphatic carbocycles. The monoisotopic (exact) mass is 567 g/mol. The van der Waals surface area contributed by atoms with E-state index in [0.29, 0.717) is 19.6 Å². The van der Waals surface area contributed by atoms with Gasteiger partial charge in [-0.15, -0.1) is 0 Å². The summed E-state index contributed by atoms with van der Waals surface area (Å²) in [5.74, 6) is -0.00195. The molecule has 0 spiro atoms. The highest BCUT2D eigenvalue weighted by Crippen LogP contribution is 2.37. The van der Waals surface area contributed by atoms with Gasteiger partial charge in [-0.3, -0.25) is 9.69 Å². The van der Waals surface area contributed by atoms with Crippen molar-refractivity contribution in [2.24, 2.45) is 5.73 Å². The summed E-state index contributed by atoms with van der Waals surface area (Å²) in [6.45, 7) is 6.89. The first-order valence-electron chi connectivity index (χ1n) is 14.4. The lowest BCUT2D eigenvalue weighted by Gasteiger charge is -2.31. The highest BCUT2D eigenvalue weighted by Gasteiger charge is 2.29. The van der Waals surface area contributed by atoms with Crippen molar-refractivity contribution in [3.8, 4) is 11.1 Å². The number of amides is 1. The molecule has 2 aliphatic heterocycles. The summed E-state index contributed by atoms with van der Waals surface area (Å²) in [4.78, 5) is 17.6. The van der Waals surface area contributed by atoms with Crippen molar-refractivity contribution >= 4 is 26.8 Å². The van der Waals surface area contributed by atoms with Gasteiger partial charge < -0.3 is 20.8 Å². The highest BCUT2D eigenvalue weighted by molar-refractivity contribution is 7.89. The second kappa shape index (κ2) is 13.3. The fourth-order valence-electron chi connectivity index (χ4n) is 5.94. The Labute approximate surface area is 237 Å². The smallest absolute Gasteiger partial charge is 0.221 e. The van der Waals surface area contributed by atoms with Gasteiger partial charge in [0.25, 0.3) is 0 Å². The van der Waals surface area contributed by atoms with Gasteiger partial charge in [0.05, 0.1) is 25.4 Å². The Kier molecular flexibility index (Phi) is 9.54. The van der Waals surface area contributed by atoms with Crippen molar-refractivity contribution in [3.05, 3.63) is 59.8 Å². The third-order valence-corrected chi connectivity index (χ3v) is 10.0. The zero-order valence-electron chi connectivity index (χ0n) is 23.1. The van der Waals surface area contributed by atoms with Gasteiger partial charge in [-0.1, -0.05) is 30.3 Å². The second-order valence-electron chi connectivity index (χ2n) is 10.9. The molecule has 0 radical (unpaired) electrons. The van der Waals surface area contributed by atoms with E-state index in [1.54, 1.807) is 4.31 Å². The Morgan fingerprint density at radius 2 is 1.77 bits per heavy atom. The minimum Gasteiger partial charge on any atom is -0.379 e. The Bertz CT molecular complexity index is 1380. The third kappa shape index (κ3) is 7.11. The third-order valence-electron chi connectivity index (χ3n) is 8.13. The first-order valence-corrected chi connectivity index (χ1v) is 16.0. The minimum atomic E-state index is -3.30. The summed E-state index contributed by atoms with van der Waals surface area (Å²) >= 11 is 0. The van der Waals surface area contributed by atoms with Gasteiger partial charge in [-0.25, -0.2) is 12.7 Å². The molecular formula is C30H41N5O4S. The highest BCUT2D eigenvalue weighted by atomic mass is 32.2. The van der Waals surface area contributed by atoms with E-state index >= 15 is 0 Å². The molecule has 3 heterocycles. The van der Waals surface area contributed by atoms with Gasteiger partial charge in [-0.05, 0) is 72.7 Å². The van der Waals surface area contributed by atoms with Crippen LogP contribution in [0.15, 0.2) is 48.7 Å². The summed E-state index contributed by atoms with van der Waals surface area (Å²) in [5.41, 5.74) is 10.7. The van der Waals surface area contributed by atoms with Crippen molar-refractivity contribution in [2.45, 2.75) is 31.6 Å². The molecule has 5 rings (SSSR count). The molecule has 2 aliphatic rings. The average molecular weight is 568 g/mol. The van der Waals surface area contributed by atoms with Gasteiger partial charge in [0.2, 0.25) is 15.9 Å². The molecule has 2 fully saturated rings. The maximum absolute atomic E-state index is 13.0. The molecule has 0 bridgehead atoms. The summed E-state index contributed by atoms with van der Waals surface area (Å²) in [6.07, 6.45) is 4.72. The fourth-order valence-corrected chi connectivity index (χ4v) is 7.37. The number of sulfonamides is 1. The summed E-state index contributed by atoms with van der Waals surface area (Å²) in [6, 6.07) is 14.3. The number of nitrogens with one attached hydrogen (secondary N) is 2. The van der Waals surface area contributed by atoms with Gasteiger partial charge in [0.15, 0.2) is 0 Å². The van der Waals surface area contributed by atoms with Crippen LogP contribution in [0.25, 0.3) is 22.0 Å². The molecule has 9 nitrogen and oxygen atoms in total. The number of aromatic amines is 1. The summed E-state index contributed by atoms with van der Waals surface area (Å²) < 4.78 is 33.1. The van der Waals surface area contributed by atoms with Gasteiger partial charge >= 0.3 is 0 Å². The van der Waals surface area contributed by atoms with Crippen molar-refractivity contribution in [2.75, 3.05) is 64.8 Å². The van der Waals surface area contributed by atoms with E-state index in [2.05, 4.69) is 33.4 Å². The number of benzene rings is 2. The maximum Gasteiger partial charge on any atom is 0.221 e. The average Bonchev–Trinajstić information content (AvgIpc) is 3.40. The van der Waals surface area contributed by atoms with Crippen LogP contribution in [-0.2, 0) is 26.0 Å². The van der Waals surface area contributed by atoms with E-state index in [1.165, 1.54) is 5.56 Å². The predicted molar refractivity (Wildman–Crippen MR) is 159 cm³/mol. The number of hydrogen-bond acceptors (Lipinski definition) is 6. The lowest BCUT2D eigenvalue weighted by Crippen LogP contribution is -2.41. The lowest BCUT2D eigenvalue weighted by atomic mass is 9.88. The zero-order chi connectivity index (χ0) is 28.0. The van der Waals surface area contributed by atoms with E-state index in [0.717, 1.165) is 86.2 Å². The SMILES string of the molecule is NC(=O)Cc1cc(-c2ccccc2)cc2c(C3CCN(S(=O)(=O)CCNCCCN4CCOCC4)CC3)c[nH]c12. The number of morpholine rings is 1. The van der Waals surface area contributed by atoms with Crippen LogP contribution in [0.1, 0.15) is 36.3 Å². The van der Waals surface area contributed by atoms with Crippen LogP contribution in [0.2, 0.25) is 0 Å². The summed E-state index contributed by atoms with van der Waals surface area (Å²) in [5, 5.41) is 4.39. The molecule has 3 aromatic rings. The predicted octanol–water partition coefficient (Wildman–Crippen LogP) is 2.68.